The Morgan fingerprint density at radius 2 is 2.17 bits per heavy atom. The number of aliphatic hydroxyl groups excluding tert-OH is 1. The van der Waals surface area contributed by atoms with Crippen molar-refractivity contribution in [1.29, 1.82) is 0 Å². The largest absolute Gasteiger partial charge is 0.493 e. The number of halogens is 1. The van der Waals surface area contributed by atoms with E-state index in [4.69, 9.17) is 25.9 Å². The number of alkyl halides is 1. The molecule has 0 fully saturated rings. The molecule has 0 aliphatic heterocycles. The second-order valence-corrected chi connectivity index (χ2v) is 5.67. The van der Waals surface area contributed by atoms with Gasteiger partial charge < -0.3 is 19.6 Å². The van der Waals surface area contributed by atoms with Gasteiger partial charge in [0.05, 0.1) is 13.7 Å². The fourth-order valence-corrected chi connectivity index (χ4v) is 2.57. The summed E-state index contributed by atoms with van der Waals surface area (Å²) in [6.07, 6.45) is 2.62. The highest BCUT2D eigenvalue weighted by molar-refractivity contribution is 6.17. The third-order valence-electron chi connectivity index (χ3n) is 3.54. The zero-order valence-corrected chi connectivity index (χ0v) is 14.0. The highest BCUT2D eigenvalue weighted by atomic mass is 35.5. The molecule has 0 saturated carbocycles. The number of rotatable bonds is 9. The van der Waals surface area contributed by atoms with Gasteiger partial charge in [0.15, 0.2) is 11.3 Å². The van der Waals surface area contributed by atoms with E-state index in [1.54, 1.807) is 7.11 Å². The first kappa shape index (κ1) is 17.6. The maximum atomic E-state index is 11.6. The van der Waals surface area contributed by atoms with E-state index in [-0.39, 0.29) is 19.1 Å². The van der Waals surface area contributed by atoms with Gasteiger partial charge >= 0.3 is 0 Å². The number of aryl methyl sites for hydroxylation is 2. The Bertz CT molecular complexity index is 653. The van der Waals surface area contributed by atoms with Gasteiger partial charge in [-0.25, -0.2) is 0 Å². The van der Waals surface area contributed by atoms with E-state index < -0.39 is 0 Å². The highest BCUT2D eigenvalue weighted by Crippen LogP contribution is 2.31. The predicted molar refractivity (Wildman–Crippen MR) is 90.2 cm³/mol. The summed E-state index contributed by atoms with van der Waals surface area (Å²) in [6, 6.07) is 5.92. The van der Waals surface area contributed by atoms with Gasteiger partial charge in [0, 0.05) is 30.7 Å². The summed E-state index contributed by atoms with van der Waals surface area (Å²) in [4.78, 5) is 11.6. The lowest BCUT2D eigenvalue weighted by Crippen LogP contribution is -2.26. The molecule has 1 aromatic heterocycles. The Kier molecular flexibility index (Phi) is 6.74. The Morgan fingerprint density at radius 3 is 2.87 bits per heavy atom. The zero-order chi connectivity index (χ0) is 16.7. The van der Waals surface area contributed by atoms with E-state index in [1.807, 2.05) is 18.2 Å². The van der Waals surface area contributed by atoms with Gasteiger partial charge in [-0.3, -0.25) is 4.79 Å². The first-order chi connectivity index (χ1) is 11.2. The fraction of sp³-hybridized carbons (Fsp3) is 0.471. The topological polar surface area (TPSA) is 71.7 Å². The number of carbonyl (C=O) groups is 1. The molecule has 0 radical (unpaired) electrons. The minimum Gasteiger partial charge on any atom is -0.493 e. The van der Waals surface area contributed by atoms with Crippen molar-refractivity contribution in [3.05, 3.63) is 29.5 Å². The van der Waals surface area contributed by atoms with Crippen molar-refractivity contribution in [2.24, 2.45) is 0 Å². The number of methoxy groups -OCH3 is 1. The van der Waals surface area contributed by atoms with Crippen molar-refractivity contribution in [3.8, 4) is 5.75 Å². The number of hydrogen-bond acceptors (Lipinski definition) is 4. The molecular weight excluding hydrogens is 318 g/mol. The number of hydrogen-bond donors (Lipinski definition) is 2. The molecule has 1 amide bonds. The molecule has 0 aliphatic rings. The Hall–Kier alpha value is -1.72. The van der Waals surface area contributed by atoms with Gasteiger partial charge in [-0.1, -0.05) is 0 Å². The molecule has 1 heterocycles. The Morgan fingerprint density at radius 1 is 1.35 bits per heavy atom. The van der Waals surface area contributed by atoms with E-state index in [0.29, 0.717) is 24.5 Å². The van der Waals surface area contributed by atoms with Crippen LogP contribution in [0.1, 0.15) is 24.2 Å². The normalized spacial score (nSPS) is 10.9. The zero-order valence-electron chi connectivity index (χ0n) is 13.2. The fourth-order valence-electron chi connectivity index (χ4n) is 2.44. The Labute approximate surface area is 140 Å². The molecule has 6 heteroatoms. The van der Waals surface area contributed by atoms with Crippen molar-refractivity contribution in [2.45, 2.75) is 25.7 Å². The number of carbonyl (C=O) groups excluding carboxylic acids is 1. The van der Waals surface area contributed by atoms with Crippen LogP contribution in [-0.2, 0) is 17.6 Å². The number of amides is 1. The molecule has 0 spiro atoms. The monoisotopic (exact) mass is 339 g/mol. The number of fused-ring (bicyclic) bond motifs is 1. The van der Waals surface area contributed by atoms with E-state index in [0.717, 1.165) is 35.1 Å². The highest BCUT2D eigenvalue weighted by Gasteiger charge is 2.12. The summed E-state index contributed by atoms with van der Waals surface area (Å²) in [5.41, 5.74) is 1.74. The van der Waals surface area contributed by atoms with Crippen molar-refractivity contribution < 1.29 is 19.1 Å². The minimum atomic E-state index is -0.0758. The van der Waals surface area contributed by atoms with Gasteiger partial charge in [0.25, 0.3) is 0 Å². The first-order valence-electron chi connectivity index (χ1n) is 7.70. The third-order valence-corrected chi connectivity index (χ3v) is 3.81. The van der Waals surface area contributed by atoms with Gasteiger partial charge in [-0.05, 0) is 36.6 Å². The second-order valence-electron chi connectivity index (χ2n) is 5.30. The molecule has 0 atom stereocenters. The number of benzene rings is 1. The molecule has 23 heavy (non-hydrogen) atoms. The lowest BCUT2D eigenvalue weighted by atomic mass is 10.1. The SMILES string of the molecule is COc1cc(CCC(=O)NCCO)cc2cc(CCCCl)oc12. The van der Waals surface area contributed by atoms with Crippen LogP contribution in [0.2, 0.25) is 0 Å². The van der Waals surface area contributed by atoms with Gasteiger partial charge in [0.2, 0.25) is 5.91 Å². The van der Waals surface area contributed by atoms with E-state index in [1.165, 1.54) is 0 Å². The molecule has 2 N–H and O–H groups in total. The number of nitrogens with one attached hydrogen (secondary N) is 1. The second kappa shape index (κ2) is 8.79. The average molecular weight is 340 g/mol. The van der Waals surface area contributed by atoms with Gasteiger partial charge in [-0.2, -0.15) is 0 Å². The molecule has 2 aromatic rings. The van der Waals surface area contributed by atoms with Crippen LogP contribution in [0.4, 0.5) is 0 Å². The van der Waals surface area contributed by atoms with Crippen LogP contribution < -0.4 is 10.1 Å². The van der Waals surface area contributed by atoms with Crippen molar-refractivity contribution >= 4 is 28.5 Å². The van der Waals surface area contributed by atoms with E-state index in [2.05, 4.69) is 5.32 Å². The van der Waals surface area contributed by atoms with E-state index in [9.17, 15) is 4.79 Å². The molecule has 1 aromatic carbocycles. The maximum absolute atomic E-state index is 11.6. The molecule has 0 saturated heterocycles. The quantitative estimate of drug-likeness (QED) is 0.689. The van der Waals surface area contributed by atoms with Gasteiger partial charge in [0.1, 0.15) is 5.76 Å². The maximum Gasteiger partial charge on any atom is 0.220 e. The lowest BCUT2D eigenvalue weighted by Gasteiger charge is -2.06. The molecule has 5 nitrogen and oxygen atoms in total. The van der Waals surface area contributed by atoms with Crippen molar-refractivity contribution in [2.75, 3.05) is 26.1 Å². The number of furan rings is 1. The lowest BCUT2D eigenvalue weighted by molar-refractivity contribution is -0.121. The first-order valence-corrected chi connectivity index (χ1v) is 8.24. The number of ether oxygens (including phenoxy) is 1. The summed E-state index contributed by atoms with van der Waals surface area (Å²) in [7, 11) is 1.60. The smallest absolute Gasteiger partial charge is 0.220 e. The van der Waals surface area contributed by atoms with Crippen LogP contribution in [0.5, 0.6) is 5.75 Å². The molecular formula is C17H22ClNO4. The molecule has 0 unspecified atom stereocenters. The van der Waals surface area contributed by atoms with Crippen molar-refractivity contribution in [1.82, 2.24) is 5.32 Å². The summed E-state index contributed by atoms with van der Waals surface area (Å²) in [5, 5.41) is 12.3. The molecule has 2 rings (SSSR count). The van der Waals surface area contributed by atoms with Crippen LogP contribution in [0.25, 0.3) is 11.0 Å². The van der Waals surface area contributed by atoms with Crippen LogP contribution in [-0.4, -0.2) is 37.2 Å². The summed E-state index contributed by atoms with van der Waals surface area (Å²) in [5.74, 6) is 2.08. The van der Waals surface area contributed by atoms with Gasteiger partial charge in [-0.15, -0.1) is 11.6 Å². The van der Waals surface area contributed by atoms with Crippen LogP contribution in [0, 0.1) is 0 Å². The predicted octanol–water partition coefficient (Wildman–Crippen LogP) is 2.65. The van der Waals surface area contributed by atoms with Crippen LogP contribution in [0.15, 0.2) is 22.6 Å². The Balaban J connectivity index is 2.13. The van der Waals surface area contributed by atoms with Crippen LogP contribution in [0.3, 0.4) is 0 Å². The summed E-state index contributed by atoms with van der Waals surface area (Å²) >= 11 is 5.72. The molecule has 0 bridgehead atoms. The summed E-state index contributed by atoms with van der Waals surface area (Å²) < 4.78 is 11.2. The standard InChI is InChI=1S/C17H22ClNO4/c1-22-15-10-12(4-5-16(21)19-7-8-20)9-13-11-14(3-2-6-18)23-17(13)15/h9-11,20H,2-8H2,1H3,(H,19,21). The van der Waals surface area contributed by atoms with Crippen molar-refractivity contribution in [3.63, 3.8) is 0 Å². The third kappa shape index (κ3) is 4.88. The summed E-state index contributed by atoms with van der Waals surface area (Å²) in [6.45, 7) is 0.235. The minimum absolute atomic E-state index is 0.0500. The average Bonchev–Trinajstić information content (AvgIpc) is 2.98. The molecule has 0 aliphatic carbocycles. The number of aliphatic hydroxyl groups is 1. The van der Waals surface area contributed by atoms with E-state index >= 15 is 0 Å². The molecule has 126 valence electrons. The van der Waals surface area contributed by atoms with Crippen LogP contribution >= 0.6 is 11.6 Å².